The maximum Gasteiger partial charge on any atom is 0.310 e. The predicted molar refractivity (Wildman–Crippen MR) is 82.7 cm³/mol. The van der Waals surface area contributed by atoms with Crippen LogP contribution in [0.4, 0.5) is 0 Å². The summed E-state index contributed by atoms with van der Waals surface area (Å²) in [4.78, 5) is 12.3. The first-order valence-electron chi connectivity index (χ1n) is 8.95. The third-order valence-electron chi connectivity index (χ3n) is 6.01. The van der Waals surface area contributed by atoms with Crippen molar-refractivity contribution in [2.75, 3.05) is 0 Å². The van der Waals surface area contributed by atoms with Gasteiger partial charge in [-0.3, -0.25) is 4.79 Å². The van der Waals surface area contributed by atoms with Crippen LogP contribution in [-0.4, -0.2) is 11.1 Å². The van der Waals surface area contributed by atoms with Gasteiger partial charge in [0, 0.05) is 0 Å². The van der Waals surface area contributed by atoms with Gasteiger partial charge in [0.15, 0.2) is 0 Å². The lowest BCUT2D eigenvalue weighted by atomic mass is 9.57. The Labute approximate surface area is 124 Å². The van der Waals surface area contributed by atoms with Crippen LogP contribution >= 0.6 is 0 Å². The third kappa shape index (κ3) is 3.20. The van der Waals surface area contributed by atoms with E-state index in [1.54, 1.807) is 0 Å². The molecule has 1 N–H and O–H groups in total. The lowest BCUT2D eigenvalue weighted by molar-refractivity contribution is -0.161. The second-order valence-electron chi connectivity index (χ2n) is 7.12. The minimum absolute atomic E-state index is 0.392. The topological polar surface area (TPSA) is 37.3 Å². The van der Waals surface area contributed by atoms with Gasteiger partial charge < -0.3 is 5.11 Å². The number of carboxylic acid groups (broad SMARTS) is 1. The Morgan fingerprint density at radius 3 is 1.75 bits per heavy atom. The van der Waals surface area contributed by atoms with Crippen LogP contribution in [0.25, 0.3) is 0 Å². The van der Waals surface area contributed by atoms with E-state index in [9.17, 15) is 9.90 Å². The Hall–Kier alpha value is -0.530. The van der Waals surface area contributed by atoms with Crippen LogP contribution in [0.3, 0.4) is 0 Å². The van der Waals surface area contributed by atoms with Gasteiger partial charge in [-0.15, -0.1) is 0 Å². The zero-order chi connectivity index (χ0) is 14.4. The molecule has 0 spiro atoms. The molecule has 2 heteroatoms. The Kier molecular flexibility index (Phi) is 5.92. The van der Waals surface area contributed by atoms with Crippen molar-refractivity contribution < 1.29 is 9.90 Å². The van der Waals surface area contributed by atoms with E-state index in [1.807, 2.05) is 0 Å². The van der Waals surface area contributed by atoms with Crippen molar-refractivity contribution in [2.24, 2.45) is 17.3 Å². The molecule has 0 amide bonds. The number of hydrogen-bond donors (Lipinski definition) is 1. The van der Waals surface area contributed by atoms with E-state index in [2.05, 4.69) is 6.92 Å². The van der Waals surface area contributed by atoms with Crippen LogP contribution < -0.4 is 0 Å². The molecule has 0 aromatic rings. The van der Waals surface area contributed by atoms with Crippen LogP contribution in [0.15, 0.2) is 0 Å². The molecule has 0 aromatic heterocycles. The van der Waals surface area contributed by atoms with Gasteiger partial charge in [0.25, 0.3) is 0 Å². The quantitative estimate of drug-likeness (QED) is 0.706. The van der Waals surface area contributed by atoms with E-state index in [4.69, 9.17) is 0 Å². The molecular weight excluding hydrogens is 248 g/mol. The fourth-order valence-electron chi connectivity index (χ4n) is 4.90. The average molecular weight is 280 g/mol. The van der Waals surface area contributed by atoms with Gasteiger partial charge >= 0.3 is 5.97 Å². The minimum Gasteiger partial charge on any atom is -0.481 e. The number of carbonyl (C=O) groups is 1. The molecule has 2 rings (SSSR count). The molecule has 2 aliphatic rings. The van der Waals surface area contributed by atoms with Crippen LogP contribution in [-0.2, 0) is 4.79 Å². The number of unbranched alkanes of at least 4 members (excludes halogenated alkanes) is 1. The van der Waals surface area contributed by atoms with Crippen molar-refractivity contribution >= 4 is 5.97 Å². The summed E-state index contributed by atoms with van der Waals surface area (Å²) >= 11 is 0. The molecule has 0 bridgehead atoms. The fraction of sp³-hybridized carbons (Fsp3) is 0.944. The molecule has 0 unspecified atom stereocenters. The summed E-state index contributed by atoms with van der Waals surface area (Å²) in [5, 5.41) is 10.2. The summed E-state index contributed by atoms with van der Waals surface area (Å²) in [5.41, 5.74) is -0.392. The van der Waals surface area contributed by atoms with E-state index >= 15 is 0 Å². The molecule has 2 saturated carbocycles. The highest BCUT2D eigenvalue weighted by molar-refractivity contribution is 5.75. The molecule has 2 aliphatic carbocycles. The lowest BCUT2D eigenvalue weighted by Gasteiger charge is -2.46. The normalized spacial score (nSPS) is 22.9. The first-order chi connectivity index (χ1) is 9.71. The van der Waals surface area contributed by atoms with E-state index in [0.29, 0.717) is 11.8 Å². The van der Waals surface area contributed by atoms with Crippen LogP contribution in [0.1, 0.15) is 90.4 Å². The summed E-state index contributed by atoms with van der Waals surface area (Å²) in [6.07, 6.45) is 15.4. The zero-order valence-corrected chi connectivity index (χ0v) is 13.2. The van der Waals surface area contributed by atoms with Gasteiger partial charge in [-0.2, -0.15) is 0 Å². The predicted octanol–water partition coefficient (Wildman–Crippen LogP) is 5.41. The molecule has 0 radical (unpaired) electrons. The van der Waals surface area contributed by atoms with Gasteiger partial charge in [-0.25, -0.2) is 0 Å². The van der Waals surface area contributed by atoms with E-state index in [0.717, 1.165) is 44.9 Å². The Balaban J connectivity index is 2.23. The molecular formula is C18H32O2. The highest BCUT2D eigenvalue weighted by atomic mass is 16.4. The van der Waals surface area contributed by atoms with Crippen molar-refractivity contribution in [3.05, 3.63) is 0 Å². The number of aliphatic carboxylic acids is 1. The molecule has 0 heterocycles. The van der Waals surface area contributed by atoms with Crippen LogP contribution in [0, 0.1) is 17.3 Å². The summed E-state index contributed by atoms with van der Waals surface area (Å²) in [6, 6.07) is 0. The fourth-order valence-corrected chi connectivity index (χ4v) is 4.90. The maximum absolute atomic E-state index is 12.3. The van der Waals surface area contributed by atoms with Crippen molar-refractivity contribution in [3.63, 3.8) is 0 Å². The Bertz CT molecular complexity index is 281. The van der Waals surface area contributed by atoms with E-state index in [-0.39, 0.29) is 0 Å². The summed E-state index contributed by atoms with van der Waals surface area (Å²) in [5.74, 6) is 0.427. The number of hydrogen-bond acceptors (Lipinski definition) is 1. The first-order valence-corrected chi connectivity index (χ1v) is 8.95. The largest absolute Gasteiger partial charge is 0.481 e. The smallest absolute Gasteiger partial charge is 0.310 e. The molecule has 116 valence electrons. The second-order valence-corrected chi connectivity index (χ2v) is 7.12. The number of rotatable bonds is 6. The van der Waals surface area contributed by atoms with Gasteiger partial charge in [0.1, 0.15) is 0 Å². The highest BCUT2D eigenvalue weighted by Crippen LogP contribution is 2.52. The SMILES string of the molecule is CCCCC(C(=O)O)(C1CCCCC1)C1CCCCC1. The summed E-state index contributed by atoms with van der Waals surface area (Å²) in [6.45, 7) is 2.19. The zero-order valence-electron chi connectivity index (χ0n) is 13.2. The van der Waals surface area contributed by atoms with Crippen molar-refractivity contribution in [2.45, 2.75) is 90.4 Å². The molecule has 0 aliphatic heterocycles. The molecule has 20 heavy (non-hydrogen) atoms. The van der Waals surface area contributed by atoms with Crippen LogP contribution in [0.2, 0.25) is 0 Å². The number of carboxylic acids is 1. The second kappa shape index (κ2) is 7.47. The molecule has 0 saturated heterocycles. The summed E-state index contributed by atoms with van der Waals surface area (Å²) < 4.78 is 0. The average Bonchev–Trinajstić information content (AvgIpc) is 2.50. The Morgan fingerprint density at radius 2 is 1.40 bits per heavy atom. The van der Waals surface area contributed by atoms with Crippen LogP contribution in [0.5, 0.6) is 0 Å². The highest BCUT2D eigenvalue weighted by Gasteiger charge is 2.50. The maximum atomic E-state index is 12.3. The van der Waals surface area contributed by atoms with Gasteiger partial charge in [0.2, 0.25) is 0 Å². The summed E-state index contributed by atoms with van der Waals surface area (Å²) in [7, 11) is 0. The minimum atomic E-state index is -0.468. The standard InChI is InChI=1S/C18H32O2/c1-2-3-14-18(17(19)20,15-10-6-4-7-11-15)16-12-8-5-9-13-16/h15-16H,2-14H2,1H3,(H,19,20). The Morgan fingerprint density at radius 1 is 0.950 bits per heavy atom. The third-order valence-corrected chi connectivity index (χ3v) is 6.01. The lowest BCUT2D eigenvalue weighted by Crippen LogP contribution is -2.46. The monoisotopic (exact) mass is 280 g/mol. The first kappa shape index (κ1) is 15.9. The van der Waals surface area contributed by atoms with Gasteiger partial charge in [-0.05, 0) is 43.9 Å². The van der Waals surface area contributed by atoms with Crippen molar-refractivity contribution in [3.8, 4) is 0 Å². The van der Waals surface area contributed by atoms with Crippen molar-refractivity contribution in [1.29, 1.82) is 0 Å². The molecule has 2 fully saturated rings. The van der Waals surface area contributed by atoms with Crippen molar-refractivity contribution in [1.82, 2.24) is 0 Å². The van der Waals surface area contributed by atoms with Gasteiger partial charge in [-0.1, -0.05) is 58.3 Å². The van der Waals surface area contributed by atoms with Gasteiger partial charge in [0.05, 0.1) is 5.41 Å². The molecule has 0 aromatic carbocycles. The molecule has 2 nitrogen and oxygen atoms in total. The van der Waals surface area contributed by atoms with E-state index in [1.165, 1.54) is 38.5 Å². The van der Waals surface area contributed by atoms with E-state index < -0.39 is 11.4 Å². The molecule has 0 atom stereocenters.